The number of para-hydroxylation sites is 1. The molecule has 0 bridgehead atoms. The number of fused-ring (bicyclic) bond motifs is 1. The van der Waals surface area contributed by atoms with Crippen LogP contribution in [0.15, 0.2) is 74.5 Å². The Morgan fingerprint density at radius 3 is 2.76 bits per heavy atom. The molecule has 2 aromatic heterocycles. The first-order chi connectivity index (χ1) is 16.2. The van der Waals surface area contributed by atoms with Crippen LogP contribution in [0.4, 0.5) is 0 Å². The Morgan fingerprint density at radius 1 is 1.06 bits per heavy atom. The minimum Gasteiger partial charge on any atom is -0.420 e. The molecule has 168 valence electrons. The molecule has 0 fully saturated rings. The van der Waals surface area contributed by atoms with Gasteiger partial charge in [0, 0.05) is 6.54 Å². The van der Waals surface area contributed by atoms with Gasteiger partial charge in [0.2, 0.25) is 11.8 Å². The summed E-state index contributed by atoms with van der Waals surface area (Å²) in [4.78, 5) is 18.1. The Balaban J connectivity index is 1.40. The fourth-order valence-corrected chi connectivity index (χ4v) is 5.10. The van der Waals surface area contributed by atoms with E-state index in [1.807, 2.05) is 42.5 Å². The fraction of sp³-hybridized carbons (Fsp3) is 0.280. The van der Waals surface area contributed by atoms with Crippen molar-refractivity contribution in [1.82, 2.24) is 19.7 Å². The molecule has 8 heteroatoms. The first-order valence-electron chi connectivity index (χ1n) is 11.1. The molecule has 0 spiro atoms. The molecule has 6 nitrogen and oxygen atoms in total. The second-order valence-corrected chi connectivity index (χ2v) is 9.35. The van der Waals surface area contributed by atoms with E-state index in [2.05, 4.69) is 16.3 Å². The monoisotopic (exact) mass is 478 g/mol. The lowest BCUT2D eigenvalue weighted by Crippen LogP contribution is -2.24. The number of hydrogen-bond acceptors (Lipinski definition) is 6. The molecule has 0 unspecified atom stereocenters. The molecule has 0 radical (unpaired) electrons. The standard InChI is InChI=1S/C25H23ClN4O2S/c26-20-12-6-4-10-18(20)23-29-28-22(32-23)16-33-25-27-21-13-7-5-11-19(21)24(31)30(25)15-14-17-8-2-1-3-9-17/h4-8,10-13H,1-3,9,14-16H2. The Hall–Kier alpha value is -2.90. The van der Waals surface area contributed by atoms with Crippen molar-refractivity contribution in [3.8, 4) is 11.5 Å². The summed E-state index contributed by atoms with van der Waals surface area (Å²) in [6.45, 7) is 0.611. The van der Waals surface area contributed by atoms with Crippen LogP contribution >= 0.6 is 23.4 Å². The maximum absolute atomic E-state index is 13.3. The number of rotatable bonds is 7. The van der Waals surface area contributed by atoms with Gasteiger partial charge in [-0.25, -0.2) is 4.98 Å². The molecule has 1 aliphatic carbocycles. The smallest absolute Gasteiger partial charge is 0.262 e. The normalized spacial score (nSPS) is 13.9. The number of nitrogens with zero attached hydrogens (tertiary/aromatic N) is 4. The van der Waals surface area contributed by atoms with Crippen molar-refractivity contribution >= 4 is 34.3 Å². The molecule has 2 heterocycles. The zero-order valence-corrected chi connectivity index (χ0v) is 19.6. The predicted octanol–water partition coefficient (Wildman–Crippen LogP) is 6.28. The van der Waals surface area contributed by atoms with Crippen LogP contribution in [0, 0.1) is 0 Å². The van der Waals surface area contributed by atoms with Gasteiger partial charge in [-0.15, -0.1) is 10.2 Å². The van der Waals surface area contributed by atoms with Gasteiger partial charge in [0.05, 0.1) is 27.2 Å². The van der Waals surface area contributed by atoms with E-state index in [4.69, 9.17) is 21.0 Å². The average molecular weight is 479 g/mol. The van der Waals surface area contributed by atoms with Crippen molar-refractivity contribution in [3.05, 3.63) is 81.4 Å². The number of hydrogen-bond donors (Lipinski definition) is 0. The fourth-order valence-electron chi connectivity index (χ4n) is 4.02. The summed E-state index contributed by atoms with van der Waals surface area (Å²) in [6.07, 6.45) is 7.92. The van der Waals surface area contributed by atoms with Crippen LogP contribution in [0.1, 0.15) is 38.0 Å². The lowest BCUT2D eigenvalue weighted by Gasteiger charge is -2.16. The molecule has 33 heavy (non-hydrogen) atoms. The molecule has 0 aliphatic heterocycles. The minimum atomic E-state index is -0.0122. The molecule has 0 saturated heterocycles. The zero-order valence-electron chi connectivity index (χ0n) is 18.0. The summed E-state index contributed by atoms with van der Waals surface area (Å²) < 4.78 is 7.62. The van der Waals surface area contributed by atoms with Crippen LogP contribution in [0.5, 0.6) is 0 Å². The third-order valence-electron chi connectivity index (χ3n) is 5.76. The minimum absolute atomic E-state index is 0.0122. The van der Waals surface area contributed by atoms with Gasteiger partial charge < -0.3 is 4.42 Å². The molecule has 0 N–H and O–H groups in total. The van der Waals surface area contributed by atoms with E-state index < -0.39 is 0 Å². The van der Waals surface area contributed by atoms with Crippen molar-refractivity contribution in [2.45, 2.75) is 49.6 Å². The summed E-state index contributed by atoms with van der Waals surface area (Å²) in [7, 11) is 0. The molecule has 0 atom stereocenters. The van der Waals surface area contributed by atoms with Crippen molar-refractivity contribution in [3.63, 3.8) is 0 Å². The number of aromatic nitrogens is 4. The Kier molecular flexibility index (Phi) is 6.60. The lowest BCUT2D eigenvalue weighted by atomic mass is 9.97. The van der Waals surface area contributed by atoms with E-state index in [9.17, 15) is 4.79 Å². The van der Waals surface area contributed by atoms with Crippen LogP contribution in [0.3, 0.4) is 0 Å². The van der Waals surface area contributed by atoms with Crippen LogP contribution in [-0.2, 0) is 12.3 Å². The summed E-state index contributed by atoms with van der Waals surface area (Å²) in [6, 6.07) is 14.8. The second kappa shape index (κ2) is 9.93. The van der Waals surface area contributed by atoms with Crippen LogP contribution in [0.25, 0.3) is 22.4 Å². The van der Waals surface area contributed by atoms with E-state index >= 15 is 0 Å². The summed E-state index contributed by atoms with van der Waals surface area (Å²) in [5.41, 5.74) is 2.81. The van der Waals surface area contributed by atoms with Gasteiger partial charge in [-0.2, -0.15) is 0 Å². The van der Waals surface area contributed by atoms with Crippen LogP contribution < -0.4 is 5.56 Å². The largest absolute Gasteiger partial charge is 0.420 e. The Bertz CT molecular complexity index is 1380. The highest BCUT2D eigenvalue weighted by atomic mass is 35.5. The van der Waals surface area contributed by atoms with Crippen molar-refractivity contribution < 1.29 is 4.42 Å². The number of thioether (sulfide) groups is 1. The first kappa shape index (κ1) is 21.9. The van der Waals surface area contributed by atoms with Crippen molar-refractivity contribution in [2.24, 2.45) is 0 Å². The number of halogens is 1. The topological polar surface area (TPSA) is 73.8 Å². The average Bonchev–Trinajstić information content (AvgIpc) is 3.32. The van der Waals surface area contributed by atoms with E-state index in [1.54, 1.807) is 10.6 Å². The molecule has 0 saturated carbocycles. The SMILES string of the molecule is O=c1c2ccccc2nc(SCc2nnc(-c3ccccc3Cl)o2)n1CCC1=CCCCC1. The second-order valence-electron chi connectivity index (χ2n) is 8.00. The zero-order chi connectivity index (χ0) is 22.6. The highest BCUT2D eigenvalue weighted by Gasteiger charge is 2.16. The van der Waals surface area contributed by atoms with Gasteiger partial charge in [0.1, 0.15) is 0 Å². The number of allylic oxidation sites excluding steroid dienone is 2. The third kappa shape index (κ3) is 4.89. The van der Waals surface area contributed by atoms with Gasteiger partial charge in [0.15, 0.2) is 5.16 Å². The predicted molar refractivity (Wildman–Crippen MR) is 131 cm³/mol. The van der Waals surface area contributed by atoms with Gasteiger partial charge >= 0.3 is 0 Å². The molecule has 2 aromatic carbocycles. The molecule has 0 amide bonds. The van der Waals surface area contributed by atoms with Gasteiger partial charge in [0.25, 0.3) is 5.56 Å². The quantitative estimate of drug-likeness (QED) is 0.177. The van der Waals surface area contributed by atoms with E-state index in [-0.39, 0.29) is 5.56 Å². The molecular weight excluding hydrogens is 456 g/mol. The van der Waals surface area contributed by atoms with Gasteiger partial charge in [-0.1, -0.05) is 59.3 Å². The Morgan fingerprint density at radius 2 is 1.91 bits per heavy atom. The highest BCUT2D eigenvalue weighted by Crippen LogP contribution is 2.29. The molecular formula is C25H23ClN4O2S. The van der Waals surface area contributed by atoms with Gasteiger partial charge in [-0.05, 0) is 56.4 Å². The van der Waals surface area contributed by atoms with E-state index in [0.29, 0.717) is 50.7 Å². The summed E-state index contributed by atoms with van der Waals surface area (Å²) >= 11 is 7.68. The van der Waals surface area contributed by atoms with Gasteiger partial charge in [-0.3, -0.25) is 9.36 Å². The maximum Gasteiger partial charge on any atom is 0.262 e. The summed E-state index contributed by atoms with van der Waals surface area (Å²) in [5.74, 6) is 1.24. The number of benzene rings is 2. The third-order valence-corrected chi connectivity index (χ3v) is 7.05. The molecule has 4 aromatic rings. The van der Waals surface area contributed by atoms with Crippen molar-refractivity contribution in [1.29, 1.82) is 0 Å². The van der Waals surface area contributed by atoms with Crippen LogP contribution in [-0.4, -0.2) is 19.7 Å². The van der Waals surface area contributed by atoms with Crippen LogP contribution in [0.2, 0.25) is 5.02 Å². The van der Waals surface area contributed by atoms with Crippen molar-refractivity contribution in [2.75, 3.05) is 0 Å². The maximum atomic E-state index is 13.3. The Labute approximate surface area is 200 Å². The van der Waals surface area contributed by atoms with E-state index in [0.717, 1.165) is 19.3 Å². The first-order valence-corrected chi connectivity index (χ1v) is 12.4. The lowest BCUT2D eigenvalue weighted by molar-refractivity contribution is 0.527. The molecule has 1 aliphatic rings. The van der Waals surface area contributed by atoms with E-state index in [1.165, 1.54) is 30.2 Å². The highest BCUT2D eigenvalue weighted by molar-refractivity contribution is 7.98. The summed E-state index contributed by atoms with van der Waals surface area (Å²) in [5, 5.41) is 10.2. The molecule has 5 rings (SSSR count).